The van der Waals surface area contributed by atoms with Gasteiger partial charge in [-0.05, 0) is 31.4 Å². The molecule has 0 fully saturated rings. The largest absolute Gasteiger partial charge is 0.350 e. The van der Waals surface area contributed by atoms with Crippen LogP contribution in [-0.4, -0.2) is 27.1 Å². The first-order chi connectivity index (χ1) is 12.9. The summed E-state index contributed by atoms with van der Waals surface area (Å²) in [5, 5.41) is 1.28. The van der Waals surface area contributed by atoms with Gasteiger partial charge in [-0.1, -0.05) is 50.0 Å². The molecule has 4 nitrogen and oxygen atoms in total. The maximum absolute atomic E-state index is 6.52. The van der Waals surface area contributed by atoms with Gasteiger partial charge in [-0.2, -0.15) is 0 Å². The Hall–Kier alpha value is -1.78. The highest BCUT2D eigenvalue weighted by Gasteiger charge is 2.31. The molecule has 0 N–H and O–H groups in total. The zero-order valence-electron chi connectivity index (χ0n) is 16.1. The number of aromatic nitrogens is 3. The second-order valence-corrected chi connectivity index (χ2v) is 8.56. The van der Waals surface area contributed by atoms with Crippen LogP contribution in [0.5, 0.6) is 0 Å². The van der Waals surface area contributed by atoms with E-state index in [0.29, 0.717) is 22.0 Å². The van der Waals surface area contributed by atoms with Crippen molar-refractivity contribution in [3.05, 3.63) is 40.3 Å². The molecule has 0 spiro atoms. The molecule has 1 aliphatic rings. The van der Waals surface area contributed by atoms with Gasteiger partial charge in [0.1, 0.15) is 16.9 Å². The van der Waals surface area contributed by atoms with Gasteiger partial charge in [0.25, 0.3) is 0 Å². The third-order valence-corrected chi connectivity index (χ3v) is 5.73. The summed E-state index contributed by atoms with van der Waals surface area (Å²) in [5.74, 6) is 2.39. The smallest absolute Gasteiger partial charge is 0.157 e. The Morgan fingerprint density at radius 1 is 1.19 bits per heavy atom. The molecule has 1 aliphatic heterocycles. The Bertz CT molecular complexity index is 1010. The molecule has 0 radical (unpaired) electrons. The standard InChI is InChI=1S/C21H24Cl2N4/c1-5-15-10-26-11-17(16-7-6-14(22)8-18(16)23)19-20(26)21(25-13(4)24-19)27(15)9-12(2)3/h6-8,11-12,15H,5,9-10H2,1-4H3. The van der Waals surface area contributed by atoms with Crippen molar-refractivity contribution in [2.45, 2.75) is 46.7 Å². The van der Waals surface area contributed by atoms with Crippen molar-refractivity contribution in [3.8, 4) is 11.1 Å². The summed E-state index contributed by atoms with van der Waals surface area (Å²) in [4.78, 5) is 12.1. The number of halogens is 2. The molecule has 0 saturated heterocycles. The predicted octanol–water partition coefficient (Wildman–Crippen LogP) is 5.97. The lowest BCUT2D eigenvalue weighted by Gasteiger charge is -2.38. The van der Waals surface area contributed by atoms with Gasteiger partial charge in [0.05, 0.1) is 5.02 Å². The molecule has 4 rings (SSSR count). The van der Waals surface area contributed by atoms with Gasteiger partial charge in [0, 0.05) is 41.5 Å². The Morgan fingerprint density at radius 3 is 2.63 bits per heavy atom. The lowest BCUT2D eigenvalue weighted by atomic mass is 10.1. The second-order valence-electron chi connectivity index (χ2n) is 7.72. The zero-order valence-corrected chi connectivity index (χ0v) is 17.6. The number of hydrogen-bond acceptors (Lipinski definition) is 3. The first kappa shape index (κ1) is 18.6. The minimum Gasteiger partial charge on any atom is -0.350 e. The molecule has 1 aromatic carbocycles. The van der Waals surface area contributed by atoms with Crippen LogP contribution in [0.3, 0.4) is 0 Å². The molecule has 2 aromatic heterocycles. The fraction of sp³-hybridized carbons (Fsp3) is 0.429. The lowest BCUT2D eigenvalue weighted by molar-refractivity contribution is 0.454. The predicted molar refractivity (Wildman–Crippen MR) is 114 cm³/mol. The molecule has 0 saturated carbocycles. The summed E-state index contributed by atoms with van der Waals surface area (Å²) in [6.45, 7) is 10.6. The van der Waals surface area contributed by atoms with E-state index >= 15 is 0 Å². The first-order valence-corrected chi connectivity index (χ1v) is 10.2. The monoisotopic (exact) mass is 402 g/mol. The molecule has 1 unspecified atom stereocenters. The van der Waals surface area contributed by atoms with Crippen molar-refractivity contribution in [1.82, 2.24) is 14.5 Å². The van der Waals surface area contributed by atoms with Crippen LogP contribution < -0.4 is 4.90 Å². The summed E-state index contributed by atoms with van der Waals surface area (Å²) < 4.78 is 2.30. The second kappa shape index (κ2) is 6.99. The average molecular weight is 403 g/mol. The molecule has 3 aromatic rings. The van der Waals surface area contributed by atoms with Crippen LogP contribution in [0.2, 0.25) is 10.0 Å². The fourth-order valence-electron chi connectivity index (χ4n) is 4.01. The van der Waals surface area contributed by atoms with Crippen molar-refractivity contribution in [1.29, 1.82) is 0 Å². The highest BCUT2D eigenvalue weighted by molar-refractivity contribution is 6.36. The Labute approximate surface area is 170 Å². The van der Waals surface area contributed by atoms with Crippen LogP contribution in [0.4, 0.5) is 5.82 Å². The van der Waals surface area contributed by atoms with Crippen molar-refractivity contribution >= 4 is 40.1 Å². The van der Waals surface area contributed by atoms with Gasteiger partial charge in [0.15, 0.2) is 5.82 Å². The first-order valence-electron chi connectivity index (χ1n) is 9.48. The van der Waals surface area contributed by atoms with E-state index in [1.165, 1.54) is 0 Å². The zero-order chi connectivity index (χ0) is 19.3. The van der Waals surface area contributed by atoms with Crippen LogP contribution in [-0.2, 0) is 6.54 Å². The average Bonchev–Trinajstić information content (AvgIpc) is 2.95. The molecular weight excluding hydrogens is 379 g/mol. The van der Waals surface area contributed by atoms with Crippen molar-refractivity contribution in [3.63, 3.8) is 0 Å². The number of aryl methyl sites for hydroxylation is 1. The van der Waals surface area contributed by atoms with Crippen molar-refractivity contribution in [2.24, 2.45) is 5.92 Å². The maximum atomic E-state index is 6.52. The summed E-state index contributed by atoms with van der Waals surface area (Å²) in [7, 11) is 0. The quantitative estimate of drug-likeness (QED) is 0.538. The summed E-state index contributed by atoms with van der Waals surface area (Å²) in [6, 6.07) is 6.07. The molecule has 0 amide bonds. The third-order valence-electron chi connectivity index (χ3n) is 5.18. The third kappa shape index (κ3) is 3.19. The molecule has 0 bridgehead atoms. The fourth-order valence-corrected chi connectivity index (χ4v) is 4.52. The van der Waals surface area contributed by atoms with E-state index in [1.54, 1.807) is 6.07 Å². The highest BCUT2D eigenvalue weighted by atomic mass is 35.5. The van der Waals surface area contributed by atoms with E-state index < -0.39 is 0 Å². The Kier molecular flexibility index (Phi) is 4.81. The van der Waals surface area contributed by atoms with Crippen molar-refractivity contribution < 1.29 is 0 Å². The van der Waals surface area contributed by atoms with Crippen molar-refractivity contribution in [2.75, 3.05) is 11.4 Å². The number of benzene rings is 1. The van der Waals surface area contributed by atoms with E-state index in [1.807, 2.05) is 19.1 Å². The number of anilines is 1. The number of nitrogens with zero attached hydrogens (tertiary/aromatic N) is 4. The van der Waals surface area contributed by atoms with Gasteiger partial charge in [0.2, 0.25) is 0 Å². The molecule has 0 aliphatic carbocycles. The Balaban J connectivity index is 1.97. The van der Waals surface area contributed by atoms with Gasteiger partial charge in [-0.15, -0.1) is 0 Å². The minimum absolute atomic E-state index is 0.429. The number of hydrogen-bond donors (Lipinski definition) is 0. The van der Waals surface area contributed by atoms with Gasteiger partial charge >= 0.3 is 0 Å². The van der Waals surface area contributed by atoms with Crippen LogP contribution in [0.1, 0.15) is 33.0 Å². The molecule has 6 heteroatoms. The highest BCUT2D eigenvalue weighted by Crippen LogP contribution is 2.41. The van der Waals surface area contributed by atoms with Crippen LogP contribution >= 0.6 is 23.2 Å². The van der Waals surface area contributed by atoms with Gasteiger partial charge in [-0.3, -0.25) is 0 Å². The minimum atomic E-state index is 0.429. The van der Waals surface area contributed by atoms with Crippen LogP contribution in [0, 0.1) is 12.8 Å². The van der Waals surface area contributed by atoms with E-state index in [-0.39, 0.29) is 0 Å². The molecule has 3 heterocycles. The molecular formula is C21H24Cl2N4. The Morgan fingerprint density at radius 2 is 1.96 bits per heavy atom. The number of rotatable bonds is 4. The van der Waals surface area contributed by atoms with E-state index in [9.17, 15) is 0 Å². The van der Waals surface area contributed by atoms with Gasteiger partial charge < -0.3 is 9.47 Å². The lowest BCUT2D eigenvalue weighted by Crippen LogP contribution is -2.43. The normalized spacial score (nSPS) is 16.6. The molecule has 142 valence electrons. The molecule has 27 heavy (non-hydrogen) atoms. The van der Waals surface area contributed by atoms with E-state index in [4.69, 9.17) is 33.2 Å². The SMILES string of the molecule is CCC1Cn2cc(-c3ccc(Cl)cc3Cl)c3nc(C)nc(c32)N1CC(C)C. The van der Waals surface area contributed by atoms with Crippen LogP contribution in [0.15, 0.2) is 24.4 Å². The van der Waals surface area contributed by atoms with Crippen LogP contribution in [0.25, 0.3) is 22.2 Å². The summed E-state index contributed by atoms with van der Waals surface area (Å²) in [5.41, 5.74) is 4.07. The topological polar surface area (TPSA) is 34.0 Å². The maximum Gasteiger partial charge on any atom is 0.157 e. The van der Waals surface area contributed by atoms with Gasteiger partial charge in [-0.25, -0.2) is 9.97 Å². The molecule has 1 atom stereocenters. The summed E-state index contributed by atoms with van der Waals surface area (Å²) in [6.07, 6.45) is 3.25. The van der Waals surface area contributed by atoms with E-state index in [2.05, 4.69) is 36.4 Å². The van der Waals surface area contributed by atoms with E-state index in [0.717, 1.165) is 53.3 Å². The summed E-state index contributed by atoms with van der Waals surface area (Å²) >= 11 is 12.6.